The van der Waals surface area contributed by atoms with Crippen LogP contribution >= 0.6 is 31.9 Å². The summed E-state index contributed by atoms with van der Waals surface area (Å²) in [5.74, 6) is 2.95. The highest BCUT2D eigenvalue weighted by molar-refractivity contribution is 9.10. The highest BCUT2D eigenvalue weighted by Gasteiger charge is 2.18. The third kappa shape index (κ3) is 14.4. The molecule has 0 radical (unpaired) electrons. The van der Waals surface area contributed by atoms with Crippen LogP contribution in [-0.4, -0.2) is 62.0 Å². The van der Waals surface area contributed by atoms with E-state index < -0.39 is 7.12 Å². The lowest BCUT2D eigenvalue weighted by Gasteiger charge is -2.13. The standard InChI is InChI=1S/C47H29N5O2.C21H13Br2N3.C13H10BNO3.CH4/c1-3-8-42-39(6-1)51-46(53-42)36-22-14-32(15-23-36)30-10-18-34(19-11-30)38-26-27-41(45-48-28-5-29-49-45)50-44(38)35-20-12-31(13-21-35)33-16-24-37(25-17-33)47-52-40-7-2-4-9-43(40)54-47;22-16-6-2-14(3-7-16)18-10-11-19(21-24-12-1-13-25-21)26-20(18)15-4-8-17(23)9-5-15;16-14(17)10-7-5-9(6-8-10)13-15-11-3-1-2-4-12(11)18-13;/h1-29H;1-13H;1-8,16-17H;1H4. The molecule has 0 aliphatic carbocycles. The Kier molecular flexibility index (Phi) is 19.0. The molecule has 99 heavy (non-hydrogen) atoms. The fraction of sp³-hybridized carbons (Fsp3) is 0.0122. The molecule has 0 saturated carbocycles. The highest BCUT2D eigenvalue weighted by Crippen LogP contribution is 2.38. The number of pyridine rings is 2. The molecule has 0 amide bonds. The molecule has 14 nitrogen and oxygen atoms in total. The van der Waals surface area contributed by atoms with Crippen LogP contribution in [0, 0.1) is 0 Å². The van der Waals surface area contributed by atoms with Crippen molar-refractivity contribution in [2.24, 2.45) is 0 Å². The second-order valence-corrected chi connectivity index (χ2v) is 24.4. The van der Waals surface area contributed by atoms with Crippen LogP contribution in [0.4, 0.5) is 0 Å². The zero-order chi connectivity index (χ0) is 66.3. The molecule has 0 bridgehead atoms. The minimum atomic E-state index is -1.46. The van der Waals surface area contributed by atoms with E-state index in [4.69, 9.17) is 33.3 Å². The van der Waals surface area contributed by atoms with Crippen molar-refractivity contribution in [1.29, 1.82) is 0 Å². The molecule has 0 spiro atoms. The Morgan fingerprint density at radius 2 is 0.556 bits per heavy atom. The minimum Gasteiger partial charge on any atom is -0.436 e. The van der Waals surface area contributed by atoms with E-state index in [2.05, 4.69) is 188 Å². The minimum absolute atomic E-state index is 0. The van der Waals surface area contributed by atoms with Crippen LogP contribution in [0.15, 0.2) is 326 Å². The summed E-state index contributed by atoms with van der Waals surface area (Å²) >= 11 is 6.99. The van der Waals surface area contributed by atoms with Gasteiger partial charge in [-0.05, 0) is 172 Å². The fourth-order valence-corrected chi connectivity index (χ4v) is 11.8. The zero-order valence-electron chi connectivity index (χ0n) is 51.8. The second kappa shape index (κ2) is 29.2. The molecular weight excluding hydrogens is 1360 g/mol. The average Bonchev–Trinajstić information content (AvgIpc) is 1.74. The quantitative estimate of drug-likeness (QED) is 0.110. The number of oxazole rings is 3. The van der Waals surface area contributed by atoms with E-state index >= 15 is 0 Å². The monoisotopic (exact) mass is 1420 g/mol. The summed E-state index contributed by atoms with van der Waals surface area (Å²) in [6.45, 7) is 0. The van der Waals surface area contributed by atoms with Gasteiger partial charge in [0.15, 0.2) is 28.4 Å². The number of aromatic nitrogens is 9. The van der Waals surface area contributed by atoms with Gasteiger partial charge in [0.2, 0.25) is 17.7 Å². The Morgan fingerprint density at radius 1 is 0.273 bits per heavy atom. The summed E-state index contributed by atoms with van der Waals surface area (Å²) in [6.07, 6.45) is 6.93. The average molecular weight is 1420 g/mol. The first kappa shape index (κ1) is 64.4. The van der Waals surface area contributed by atoms with Gasteiger partial charge in [-0.25, -0.2) is 44.9 Å². The third-order valence-electron chi connectivity index (χ3n) is 16.3. The van der Waals surface area contributed by atoms with Gasteiger partial charge >= 0.3 is 7.12 Å². The molecule has 17 rings (SSSR count). The van der Waals surface area contributed by atoms with Gasteiger partial charge in [0, 0.05) is 72.7 Å². The Hall–Kier alpha value is -12.0. The maximum Gasteiger partial charge on any atom is 0.488 e. The van der Waals surface area contributed by atoms with Gasteiger partial charge in [0.1, 0.15) is 27.9 Å². The number of para-hydroxylation sites is 6. The van der Waals surface area contributed by atoms with Crippen molar-refractivity contribution in [3.63, 3.8) is 0 Å². The van der Waals surface area contributed by atoms with E-state index in [1.165, 1.54) is 0 Å². The van der Waals surface area contributed by atoms with Gasteiger partial charge in [-0.1, -0.05) is 185 Å². The van der Waals surface area contributed by atoms with E-state index in [9.17, 15) is 0 Å². The van der Waals surface area contributed by atoms with Crippen molar-refractivity contribution >= 4 is 77.7 Å². The molecule has 0 unspecified atom stereocenters. The molecule has 17 aromatic rings. The van der Waals surface area contributed by atoms with Crippen molar-refractivity contribution < 1.29 is 23.3 Å². The number of hydrogen-bond acceptors (Lipinski definition) is 14. The van der Waals surface area contributed by atoms with Crippen molar-refractivity contribution in [3.05, 3.63) is 313 Å². The molecule has 0 fully saturated rings. The molecule has 7 aromatic heterocycles. The lowest BCUT2D eigenvalue weighted by Crippen LogP contribution is -2.29. The van der Waals surface area contributed by atoms with Crippen molar-refractivity contribution in [2.45, 2.75) is 7.43 Å². The lowest BCUT2D eigenvalue weighted by molar-refractivity contribution is 0.426. The van der Waals surface area contributed by atoms with E-state index in [0.29, 0.717) is 40.5 Å². The molecule has 10 aromatic carbocycles. The Labute approximate surface area is 586 Å². The Balaban J connectivity index is 0.000000153. The number of rotatable bonds is 12. The summed E-state index contributed by atoms with van der Waals surface area (Å²) in [5, 5.41) is 18.0. The van der Waals surface area contributed by atoms with Gasteiger partial charge in [-0.3, -0.25) is 0 Å². The molecule has 0 aliphatic rings. The Morgan fingerprint density at radius 3 is 0.889 bits per heavy atom. The topological polar surface area (TPSA) is 196 Å². The number of hydrogen-bond donors (Lipinski definition) is 2. The van der Waals surface area contributed by atoms with Crippen LogP contribution in [0.25, 0.3) is 158 Å². The lowest BCUT2D eigenvalue weighted by atomic mass is 9.80. The molecule has 2 N–H and O–H groups in total. The zero-order valence-corrected chi connectivity index (χ0v) is 55.0. The van der Waals surface area contributed by atoms with Crippen molar-refractivity contribution in [3.8, 4) is 124 Å². The van der Waals surface area contributed by atoms with Crippen LogP contribution in [0.2, 0.25) is 0 Å². The van der Waals surface area contributed by atoms with Gasteiger partial charge in [0.25, 0.3) is 0 Å². The first-order valence-electron chi connectivity index (χ1n) is 31.2. The van der Waals surface area contributed by atoms with Gasteiger partial charge in [0.05, 0.1) is 11.4 Å². The van der Waals surface area contributed by atoms with E-state index in [1.54, 1.807) is 55.1 Å². The largest absolute Gasteiger partial charge is 0.488 e. The summed E-state index contributed by atoms with van der Waals surface area (Å²) < 4.78 is 19.7. The number of benzene rings is 10. The third-order valence-corrected chi connectivity index (χ3v) is 17.3. The molecular formula is C82H56BBr2N9O5. The molecule has 476 valence electrons. The fourth-order valence-electron chi connectivity index (χ4n) is 11.2. The summed E-state index contributed by atoms with van der Waals surface area (Å²) in [5.41, 5.74) is 21.8. The van der Waals surface area contributed by atoms with E-state index in [1.807, 2.05) is 127 Å². The molecule has 7 heterocycles. The molecule has 0 saturated heterocycles. The normalized spacial score (nSPS) is 10.9. The van der Waals surface area contributed by atoms with Crippen LogP contribution in [-0.2, 0) is 0 Å². The first-order chi connectivity index (χ1) is 48.2. The van der Waals surface area contributed by atoms with Gasteiger partial charge < -0.3 is 23.3 Å². The molecule has 0 aliphatic heterocycles. The second-order valence-electron chi connectivity index (χ2n) is 22.6. The first-order valence-corrected chi connectivity index (χ1v) is 32.8. The number of halogens is 2. The number of nitrogens with zero attached hydrogens (tertiary/aromatic N) is 9. The smallest absolute Gasteiger partial charge is 0.436 e. The van der Waals surface area contributed by atoms with Crippen molar-refractivity contribution in [2.75, 3.05) is 0 Å². The van der Waals surface area contributed by atoms with Crippen LogP contribution in [0.1, 0.15) is 7.43 Å². The van der Waals surface area contributed by atoms with Gasteiger partial charge in [-0.2, -0.15) is 0 Å². The maximum absolute atomic E-state index is 9.02. The van der Waals surface area contributed by atoms with Crippen LogP contribution in [0.3, 0.4) is 0 Å². The van der Waals surface area contributed by atoms with Crippen LogP contribution in [0.5, 0.6) is 0 Å². The highest BCUT2D eigenvalue weighted by atomic mass is 79.9. The summed E-state index contributed by atoms with van der Waals surface area (Å²) in [6, 6.07) is 91.8. The predicted octanol–water partition coefficient (Wildman–Crippen LogP) is 20.0. The van der Waals surface area contributed by atoms with Crippen molar-refractivity contribution in [1.82, 2.24) is 44.9 Å². The van der Waals surface area contributed by atoms with E-state index in [0.717, 1.165) is 132 Å². The summed E-state index contributed by atoms with van der Waals surface area (Å²) in [7, 11) is -1.46. The van der Waals surface area contributed by atoms with Gasteiger partial charge in [-0.15, -0.1) is 0 Å². The summed E-state index contributed by atoms with van der Waals surface area (Å²) in [4.78, 5) is 41.3. The van der Waals surface area contributed by atoms with E-state index in [-0.39, 0.29) is 7.43 Å². The van der Waals surface area contributed by atoms with Crippen LogP contribution < -0.4 is 5.46 Å². The maximum atomic E-state index is 9.02. The number of fused-ring (bicyclic) bond motifs is 3. The molecule has 17 heteroatoms. The SMILES string of the molecule is Brc1ccc(-c2ccc(-c3ncccn3)nc2-c2ccc(Br)cc2)cc1.C.OB(O)c1ccc(-c2nc3ccccc3o2)cc1.c1cnc(-c2ccc(-c3ccc(-c4ccc(-c5nc6ccccc6o5)cc4)cc3)c(-c3ccc(-c4ccc(-c5nc6ccccc6o5)cc4)cc3)n2)nc1. The predicted molar refractivity (Wildman–Crippen MR) is 401 cm³/mol. The molecule has 0 atom stereocenters. The Bertz CT molecular complexity index is 5490.